The molecule has 1 N–H and O–H groups in total. The second-order valence-corrected chi connectivity index (χ2v) is 5.95. The highest BCUT2D eigenvalue weighted by molar-refractivity contribution is 6.27. The lowest BCUT2D eigenvalue weighted by Crippen LogP contribution is -2.29. The number of piperidine rings is 1. The summed E-state index contributed by atoms with van der Waals surface area (Å²) in [5.41, 5.74) is 2.45. The Balaban J connectivity index is 1.78. The number of nitrogens with zero attached hydrogens (tertiary/aromatic N) is 1. The smallest absolute Gasteiger partial charge is 0.234 e. The molecule has 1 aromatic rings. The molecule has 1 fully saturated rings. The van der Waals surface area contributed by atoms with Crippen molar-refractivity contribution in [1.82, 2.24) is 5.32 Å². The predicted molar refractivity (Wildman–Crippen MR) is 91.1 cm³/mol. The standard InChI is InChI=1S/C17H25ClN2O2/c1-14-12-15(20-9-3-2-4-10-20)6-7-16(14)22-11-5-8-19-17(21)13-18/h6-7,12H,2-5,8-11,13H2,1H3,(H,19,21). The Hall–Kier alpha value is -1.42. The van der Waals surface area contributed by atoms with Crippen molar-refractivity contribution in [3.05, 3.63) is 23.8 Å². The van der Waals surface area contributed by atoms with E-state index in [9.17, 15) is 4.79 Å². The fourth-order valence-corrected chi connectivity index (χ4v) is 2.77. The van der Waals surface area contributed by atoms with Crippen LogP contribution in [0.3, 0.4) is 0 Å². The molecule has 0 spiro atoms. The van der Waals surface area contributed by atoms with Crippen molar-refractivity contribution in [3.8, 4) is 5.75 Å². The molecule has 0 unspecified atom stereocenters. The zero-order valence-electron chi connectivity index (χ0n) is 13.2. The van der Waals surface area contributed by atoms with Crippen LogP contribution in [0.1, 0.15) is 31.2 Å². The Bertz CT molecular complexity index is 488. The third-order valence-corrected chi connectivity index (χ3v) is 4.14. The van der Waals surface area contributed by atoms with Gasteiger partial charge in [-0.1, -0.05) is 0 Å². The fourth-order valence-electron chi connectivity index (χ4n) is 2.67. The SMILES string of the molecule is Cc1cc(N2CCCCC2)ccc1OCCCNC(=O)CCl. The van der Waals surface area contributed by atoms with E-state index in [4.69, 9.17) is 16.3 Å². The Kier molecular flexibility index (Phi) is 6.84. The number of alkyl halides is 1. The molecule has 0 radical (unpaired) electrons. The number of carbonyl (C=O) groups excluding carboxylic acids is 1. The van der Waals surface area contributed by atoms with Gasteiger partial charge < -0.3 is 15.0 Å². The molecule has 2 rings (SSSR count). The largest absolute Gasteiger partial charge is 0.493 e. The minimum absolute atomic E-state index is 0.0118. The van der Waals surface area contributed by atoms with Crippen LogP contribution in [0.5, 0.6) is 5.75 Å². The number of carbonyl (C=O) groups is 1. The summed E-state index contributed by atoms with van der Waals surface area (Å²) in [5.74, 6) is 0.797. The fraction of sp³-hybridized carbons (Fsp3) is 0.588. The van der Waals surface area contributed by atoms with Crippen LogP contribution in [0.15, 0.2) is 18.2 Å². The Morgan fingerprint density at radius 3 is 2.77 bits per heavy atom. The molecule has 1 aliphatic heterocycles. The maximum atomic E-state index is 11.0. The first kappa shape index (κ1) is 16.9. The summed E-state index contributed by atoms with van der Waals surface area (Å²) in [4.78, 5) is 13.4. The average molecular weight is 325 g/mol. The van der Waals surface area contributed by atoms with Gasteiger partial charge in [-0.05, 0) is 56.4 Å². The van der Waals surface area contributed by atoms with Gasteiger partial charge in [-0.15, -0.1) is 11.6 Å². The highest BCUT2D eigenvalue weighted by atomic mass is 35.5. The summed E-state index contributed by atoms with van der Waals surface area (Å²) in [5, 5.41) is 2.73. The molecular formula is C17H25ClN2O2. The molecule has 22 heavy (non-hydrogen) atoms. The first-order valence-electron chi connectivity index (χ1n) is 8.02. The first-order chi connectivity index (χ1) is 10.7. The van der Waals surface area contributed by atoms with E-state index in [1.807, 2.05) is 0 Å². The van der Waals surface area contributed by atoms with E-state index >= 15 is 0 Å². The van der Waals surface area contributed by atoms with E-state index in [1.165, 1.54) is 24.9 Å². The van der Waals surface area contributed by atoms with Gasteiger partial charge in [0, 0.05) is 25.3 Å². The molecule has 122 valence electrons. The van der Waals surface area contributed by atoms with Gasteiger partial charge in [-0.25, -0.2) is 0 Å². The van der Waals surface area contributed by atoms with E-state index in [0.717, 1.165) is 30.8 Å². The van der Waals surface area contributed by atoms with Crippen molar-refractivity contribution in [1.29, 1.82) is 0 Å². The number of aryl methyl sites for hydroxylation is 1. The van der Waals surface area contributed by atoms with Gasteiger partial charge in [-0.2, -0.15) is 0 Å². The molecule has 1 heterocycles. The van der Waals surface area contributed by atoms with E-state index in [1.54, 1.807) is 0 Å². The third-order valence-electron chi connectivity index (χ3n) is 3.90. The quantitative estimate of drug-likeness (QED) is 0.619. The van der Waals surface area contributed by atoms with Gasteiger partial charge in [0.15, 0.2) is 0 Å². The van der Waals surface area contributed by atoms with Crippen LogP contribution in [0, 0.1) is 6.92 Å². The highest BCUT2D eigenvalue weighted by Crippen LogP contribution is 2.26. The van der Waals surface area contributed by atoms with Crippen LogP contribution in [0.25, 0.3) is 0 Å². The van der Waals surface area contributed by atoms with Gasteiger partial charge in [0.25, 0.3) is 0 Å². The third kappa shape index (κ3) is 5.09. The summed E-state index contributed by atoms with van der Waals surface area (Å²) in [6, 6.07) is 6.40. The lowest BCUT2D eigenvalue weighted by molar-refractivity contribution is -0.118. The van der Waals surface area contributed by atoms with Crippen molar-refractivity contribution >= 4 is 23.2 Å². The molecule has 1 aliphatic rings. The molecule has 1 saturated heterocycles. The lowest BCUT2D eigenvalue weighted by atomic mass is 10.1. The maximum Gasteiger partial charge on any atom is 0.234 e. The second kappa shape index (κ2) is 8.89. The Morgan fingerprint density at radius 2 is 2.09 bits per heavy atom. The average Bonchev–Trinajstić information content (AvgIpc) is 2.56. The molecule has 0 saturated carbocycles. The van der Waals surface area contributed by atoms with E-state index in [2.05, 4.69) is 35.3 Å². The molecule has 5 heteroatoms. The normalized spacial score (nSPS) is 14.7. The van der Waals surface area contributed by atoms with Crippen LogP contribution in [-0.4, -0.2) is 38.0 Å². The van der Waals surface area contributed by atoms with Crippen molar-refractivity contribution in [2.75, 3.05) is 37.0 Å². The van der Waals surface area contributed by atoms with Crippen LogP contribution >= 0.6 is 11.6 Å². The maximum absolute atomic E-state index is 11.0. The molecule has 0 aromatic heterocycles. The zero-order valence-corrected chi connectivity index (χ0v) is 14.0. The van der Waals surface area contributed by atoms with E-state index in [-0.39, 0.29) is 11.8 Å². The number of hydrogen-bond donors (Lipinski definition) is 1. The second-order valence-electron chi connectivity index (χ2n) is 5.68. The van der Waals surface area contributed by atoms with Gasteiger partial charge in [0.05, 0.1) is 6.61 Å². The number of rotatable bonds is 7. The van der Waals surface area contributed by atoms with Crippen molar-refractivity contribution in [2.45, 2.75) is 32.6 Å². The number of benzene rings is 1. The molecule has 1 aromatic carbocycles. The van der Waals surface area contributed by atoms with Gasteiger partial charge >= 0.3 is 0 Å². The van der Waals surface area contributed by atoms with Gasteiger partial charge in [0.1, 0.15) is 11.6 Å². The van der Waals surface area contributed by atoms with E-state index < -0.39 is 0 Å². The number of ether oxygens (including phenoxy) is 1. The van der Waals surface area contributed by atoms with Gasteiger partial charge in [-0.3, -0.25) is 4.79 Å². The van der Waals surface area contributed by atoms with Crippen molar-refractivity contribution < 1.29 is 9.53 Å². The topological polar surface area (TPSA) is 41.6 Å². The minimum atomic E-state index is -0.135. The number of nitrogens with one attached hydrogen (secondary N) is 1. The number of amides is 1. The number of halogens is 1. The summed E-state index contributed by atoms with van der Waals surface area (Å²) < 4.78 is 5.79. The molecule has 0 aliphatic carbocycles. The van der Waals surface area contributed by atoms with E-state index in [0.29, 0.717) is 13.2 Å². The number of anilines is 1. The lowest BCUT2D eigenvalue weighted by Gasteiger charge is -2.29. The van der Waals surface area contributed by atoms with Crippen molar-refractivity contribution in [2.24, 2.45) is 0 Å². The zero-order chi connectivity index (χ0) is 15.8. The monoisotopic (exact) mass is 324 g/mol. The first-order valence-corrected chi connectivity index (χ1v) is 8.55. The predicted octanol–water partition coefficient (Wildman–Crippen LogP) is 3.11. The summed E-state index contributed by atoms with van der Waals surface area (Å²) in [6.07, 6.45) is 4.68. The summed E-state index contributed by atoms with van der Waals surface area (Å²) >= 11 is 5.41. The van der Waals surface area contributed by atoms with Crippen LogP contribution < -0.4 is 15.0 Å². The number of hydrogen-bond acceptors (Lipinski definition) is 3. The highest BCUT2D eigenvalue weighted by Gasteiger charge is 2.12. The summed E-state index contributed by atoms with van der Waals surface area (Å²) in [6.45, 7) is 5.57. The molecule has 1 amide bonds. The van der Waals surface area contributed by atoms with Crippen LogP contribution in [0.2, 0.25) is 0 Å². The summed E-state index contributed by atoms with van der Waals surface area (Å²) in [7, 11) is 0. The van der Waals surface area contributed by atoms with Gasteiger partial charge in [0.2, 0.25) is 5.91 Å². The molecule has 4 nitrogen and oxygen atoms in total. The molecular weight excluding hydrogens is 300 g/mol. The Morgan fingerprint density at radius 1 is 1.32 bits per heavy atom. The minimum Gasteiger partial charge on any atom is -0.493 e. The van der Waals surface area contributed by atoms with Crippen LogP contribution in [-0.2, 0) is 4.79 Å². The molecule has 0 bridgehead atoms. The van der Waals surface area contributed by atoms with Crippen LogP contribution in [0.4, 0.5) is 5.69 Å². The van der Waals surface area contributed by atoms with Crippen molar-refractivity contribution in [3.63, 3.8) is 0 Å². The molecule has 0 atom stereocenters. The Labute approximate surface area is 137 Å².